The zero-order valence-corrected chi connectivity index (χ0v) is 19.0. The van der Waals surface area contributed by atoms with Crippen LogP contribution in [0.15, 0.2) is 17.1 Å². The monoisotopic (exact) mass is 553 g/mol. The zero-order chi connectivity index (χ0) is 26.1. The van der Waals surface area contributed by atoms with Crippen LogP contribution in [0.2, 0.25) is 0 Å². The SMILES string of the molecule is Nc1ccn([C@@H]2O[C@H](CO)[C@@H](O)[C@@H]2S)c(=O)n1.O=P(O)(O)O.O=P(O)(O)O.O=P(O)(O)O. The van der Waals surface area contributed by atoms with E-state index in [2.05, 4.69) is 17.6 Å². The van der Waals surface area contributed by atoms with Crippen molar-refractivity contribution in [3.63, 3.8) is 0 Å². The van der Waals surface area contributed by atoms with Gasteiger partial charge >= 0.3 is 29.2 Å². The van der Waals surface area contributed by atoms with E-state index >= 15 is 0 Å². The Morgan fingerprint density at radius 3 is 1.66 bits per heavy atom. The number of hydrogen-bond donors (Lipinski definition) is 13. The van der Waals surface area contributed by atoms with E-state index in [1.807, 2.05) is 0 Å². The molecule has 13 N–H and O–H groups in total. The van der Waals surface area contributed by atoms with Gasteiger partial charge in [0.2, 0.25) is 0 Å². The van der Waals surface area contributed by atoms with Crippen LogP contribution in [0.5, 0.6) is 0 Å². The van der Waals surface area contributed by atoms with Gasteiger partial charge in [-0.2, -0.15) is 17.6 Å². The molecule has 1 aliphatic rings. The molecule has 2 heterocycles. The van der Waals surface area contributed by atoms with Gasteiger partial charge in [-0.1, -0.05) is 0 Å². The first kappa shape index (κ1) is 33.4. The number of ether oxygens (including phenoxy) is 1. The number of phosphoric acid groups is 3. The number of aliphatic hydroxyl groups is 2. The molecule has 0 aliphatic carbocycles. The van der Waals surface area contributed by atoms with Crippen LogP contribution in [0.3, 0.4) is 0 Å². The third-order valence-electron chi connectivity index (χ3n) is 2.64. The second kappa shape index (κ2) is 13.8. The van der Waals surface area contributed by atoms with Gasteiger partial charge < -0.3 is 64.7 Å². The van der Waals surface area contributed by atoms with Crippen molar-refractivity contribution < 1.29 is 72.7 Å². The fourth-order valence-electron chi connectivity index (χ4n) is 1.73. The highest BCUT2D eigenvalue weighted by atomic mass is 32.1. The summed E-state index contributed by atoms with van der Waals surface area (Å²) in [6.45, 7) is -0.341. The lowest BCUT2D eigenvalue weighted by molar-refractivity contribution is -0.0456. The minimum atomic E-state index is -4.64. The van der Waals surface area contributed by atoms with E-state index in [1.54, 1.807) is 0 Å². The summed E-state index contributed by atoms with van der Waals surface area (Å²) in [4.78, 5) is 79.8. The van der Waals surface area contributed by atoms with Crippen molar-refractivity contribution in [1.82, 2.24) is 9.55 Å². The third-order valence-corrected chi connectivity index (χ3v) is 3.20. The number of rotatable bonds is 2. The van der Waals surface area contributed by atoms with Crippen molar-refractivity contribution in [2.45, 2.75) is 23.7 Å². The van der Waals surface area contributed by atoms with E-state index in [0.29, 0.717) is 0 Å². The molecule has 0 bridgehead atoms. The predicted molar refractivity (Wildman–Crippen MR) is 105 cm³/mol. The quantitative estimate of drug-likeness (QED) is 0.121. The standard InChI is InChI=1S/C9H13N3O4S.3H3O4P/c10-5-1-2-12(9(15)11-5)8-7(17)6(14)4(3-13)16-8;3*1-5(2,3)4/h1-2,4,6-8,13-14,17H,3H2,(H2,10,11,15);3*(H3,1,2,3,4)/t4-,6-,7+,8-;;;/m1.../s1. The molecule has 0 amide bonds. The van der Waals surface area contributed by atoms with E-state index in [0.717, 1.165) is 0 Å². The molecule has 23 heteroatoms. The fourth-order valence-corrected chi connectivity index (χ4v) is 2.14. The van der Waals surface area contributed by atoms with Crippen molar-refractivity contribution in [2.75, 3.05) is 12.3 Å². The second-order valence-electron chi connectivity index (χ2n) is 5.31. The molecule has 0 unspecified atom stereocenters. The van der Waals surface area contributed by atoms with Gasteiger partial charge in [0.25, 0.3) is 0 Å². The topological polar surface area (TPSA) is 344 Å². The maximum atomic E-state index is 11.6. The lowest BCUT2D eigenvalue weighted by Crippen LogP contribution is -2.33. The number of nitrogens with zero attached hydrogens (tertiary/aromatic N) is 2. The molecule has 19 nitrogen and oxygen atoms in total. The summed E-state index contributed by atoms with van der Waals surface area (Å²) in [7, 11) is -13.9. The largest absolute Gasteiger partial charge is 0.466 e. The molecule has 0 radical (unpaired) electrons. The van der Waals surface area contributed by atoms with Gasteiger partial charge in [0.05, 0.1) is 18.0 Å². The van der Waals surface area contributed by atoms with Gasteiger partial charge in [0.1, 0.15) is 11.9 Å². The van der Waals surface area contributed by atoms with Crippen molar-refractivity contribution in [3.05, 3.63) is 22.7 Å². The van der Waals surface area contributed by atoms with Crippen LogP contribution < -0.4 is 11.4 Å². The summed E-state index contributed by atoms with van der Waals surface area (Å²) in [5.41, 5.74) is 4.78. The zero-order valence-electron chi connectivity index (χ0n) is 15.4. The van der Waals surface area contributed by atoms with Crippen molar-refractivity contribution >= 4 is 41.9 Å². The average molecular weight is 553 g/mol. The van der Waals surface area contributed by atoms with Crippen LogP contribution in [0.1, 0.15) is 6.23 Å². The van der Waals surface area contributed by atoms with Crippen molar-refractivity contribution in [3.8, 4) is 0 Å². The molecule has 1 fully saturated rings. The first-order chi connectivity index (χ1) is 14.0. The molecule has 1 saturated heterocycles. The highest BCUT2D eigenvalue weighted by molar-refractivity contribution is 7.81. The Kier molecular flexibility index (Phi) is 14.4. The van der Waals surface area contributed by atoms with Crippen LogP contribution in [0, 0.1) is 0 Å². The Balaban J connectivity index is 0. The molecule has 1 aliphatic heterocycles. The number of thiol groups is 1. The first-order valence-electron chi connectivity index (χ1n) is 7.36. The Bertz CT molecular complexity index is 824. The number of hydrogen-bond acceptors (Lipinski definition) is 10. The van der Waals surface area contributed by atoms with E-state index in [9.17, 15) is 9.90 Å². The summed E-state index contributed by atoms with van der Waals surface area (Å²) in [5.74, 6) is 0.110. The summed E-state index contributed by atoms with van der Waals surface area (Å²) in [6, 6.07) is 1.45. The molecule has 0 saturated carbocycles. The van der Waals surface area contributed by atoms with Gasteiger partial charge in [-0.15, -0.1) is 0 Å². The summed E-state index contributed by atoms with van der Waals surface area (Å²) < 4.78 is 33.2. The summed E-state index contributed by atoms with van der Waals surface area (Å²) in [5, 5.41) is 18.1. The van der Waals surface area contributed by atoms with Gasteiger partial charge in [0, 0.05) is 6.20 Å². The van der Waals surface area contributed by atoms with Crippen LogP contribution in [-0.2, 0) is 18.4 Å². The molecular weight excluding hydrogens is 531 g/mol. The number of anilines is 1. The smallest absolute Gasteiger partial charge is 0.394 e. The molecule has 32 heavy (non-hydrogen) atoms. The van der Waals surface area contributed by atoms with Gasteiger partial charge in [-0.05, 0) is 6.07 Å². The van der Waals surface area contributed by atoms with E-state index in [-0.39, 0.29) is 12.4 Å². The van der Waals surface area contributed by atoms with Gasteiger partial charge in [0.15, 0.2) is 6.23 Å². The van der Waals surface area contributed by atoms with Gasteiger partial charge in [-0.3, -0.25) is 4.57 Å². The predicted octanol–water partition coefficient (Wildman–Crippen LogP) is -4.41. The molecular formula is C9H22N3O16P3S. The third kappa shape index (κ3) is 19.9. The van der Waals surface area contributed by atoms with Crippen LogP contribution in [0.25, 0.3) is 0 Å². The molecule has 2 rings (SSSR count). The normalized spacial score (nSPS) is 23.0. The fraction of sp³-hybridized carbons (Fsp3) is 0.556. The average Bonchev–Trinajstić information content (AvgIpc) is 2.78. The Morgan fingerprint density at radius 2 is 1.38 bits per heavy atom. The number of nitrogens with two attached hydrogens (primary N) is 1. The number of aliphatic hydroxyl groups excluding tert-OH is 2. The molecule has 1 aromatic rings. The Hall–Kier alpha value is -0.760. The minimum absolute atomic E-state index is 0.110. The lowest BCUT2D eigenvalue weighted by Gasteiger charge is -2.17. The summed E-state index contributed by atoms with van der Waals surface area (Å²) in [6.07, 6.45) is -1.05. The molecule has 190 valence electrons. The molecule has 4 atom stereocenters. The second-order valence-corrected chi connectivity index (χ2v) is 8.99. The van der Waals surface area contributed by atoms with Crippen LogP contribution >= 0.6 is 36.1 Å². The van der Waals surface area contributed by atoms with E-state index < -0.39 is 52.8 Å². The van der Waals surface area contributed by atoms with Crippen LogP contribution in [-0.4, -0.2) is 87.9 Å². The Labute approximate surface area is 183 Å². The Morgan fingerprint density at radius 1 is 1.00 bits per heavy atom. The van der Waals surface area contributed by atoms with Crippen LogP contribution in [0.4, 0.5) is 5.82 Å². The van der Waals surface area contributed by atoms with Gasteiger partial charge in [-0.25, -0.2) is 18.5 Å². The first-order valence-corrected chi connectivity index (χ1v) is 12.6. The highest BCUT2D eigenvalue weighted by Gasteiger charge is 2.42. The van der Waals surface area contributed by atoms with Crippen molar-refractivity contribution in [2.24, 2.45) is 0 Å². The minimum Gasteiger partial charge on any atom is -0.394 e. The maximum absolute atomic E-state index is 11.6. The maximum Gasteiger partial charge on any atom is 0.466 e. The number of aromatic nitrogens is 2. The number of nitrogen functional groups attached to an aromatic ring is 1. The van der Waals surface area contributed by atoms with E-state index in [1.165, 1.54) is 16.8 Å². The lowest BCUT2D eigenvalue weighted by atomic mass is 10.2. The van der Waals surface area contributed by atoms with Crippen molar-refractivity contribution in [1.29, 1.82) is 0 Å². The van der Waals surface area contributed by atoms with E-state index in [4.69, 9.17) is 73.3 Å². The summed E-state index contributed by atoms with van der Waals surface area (Å²) >= 11 is 4.18. The molecule has 0 aromatic carbocycles. The molecule has 1 aromatic heterocycles. The molecule has 0 spiro atoms. The highest BCUT2D eigenvalue weighted by Crippen LogP contribution is 2.32.